The van der Waals surface area contributed by atoms with Crippen LogP contribution in [0.4, 0.5) is 18.9 Å². The number of pyridine rings is 3. The molecule has 6 aromatic rings. The summed E-state index contributed by atoms with van der Waals surface area (Å²) in [5.41, 5.74) is 3.75. The zero-order valence-electron chi connectivity index (χ0n) is 22.4. The van der Waals surface area contributed by atoms with Crippen molar-refractivity contribution in [3.05, 3.63) is 109 Å². The standard InChI is InChI=1S/C31H21F3N6O3/c1-17-27(18-2-4-21(32)5-3-18)29(41)24(15-36-17)30(42)39-22-6-8-23(9-7-22)43-26-10-11-35-25-12-19(13-37-28(25)26)20-14-38-40(16-20)31(33)34/h2-16,31H,1H3,(H,36,41)(H,39,42). The second kappa shape index (κ2) is 11.2. The van der Waals surface area contributed by atoms with E-state index in [0.717, 1.165) is 0 Å². The molecule has 43 heavy (non-hydrogen) atoms. The summed E-state index contributed by atoms with van der Waals surface area (Å²) in [6.45, 7) is -1.06. The molecule has 1 amide bonds. The van der Waals surface area contributed by atoms with Crippen LogP contribution in [0.2, 0.25) is 0 Å². The summed E-state index contributed by atoms with van der Waals surface area (Å²) in [5.74, 6) is -0.398. The molecule has 0 unspecified atom stereocenters. The minimum absolute atomic E-state index is 0.0412. The minimum atomic E-state index is -2.74. The smallest absolute Gasteiger partial charge is 0.333 e. The van der Waals surface area contributed by atoms with E-state index in [1.165, 1.54) is 49.1 Å². The predicted octanol–water partition coefficient (Wildman–Crippen LogP) is 7.15. The third-order valence-electron chi connectivity index (χ3n) is 6.63. The molecule has 0 spiro atoms. The lowest BCUT2D eigenvalue weighted by atomic mass is 10.0. The molecule has 0 atom stereocenters. The van der Waals surface area contributed by atoms with E-state index in [1.54, 1.807) is 49.5 Å². The highest BCUT2D eigenvalue weighted by atomic mass is 19.3. The topological polar surface area (TPSA) is 115 Å². The summed E-state index contributed by atoms with van der Waals surface area (Å²) in [6.07, 6.45) is 6.91. The van der Waals surface area contributed by atoms with Crippen LogP contribution in [-0.4, -0.2) is 35.7 Å². The molecule has 4 heterocycles. The minimum Gasteiger partial charge on any atom is -0.506 e. The number of nitrogens with one attached hydrogen (secondary N) is 1. The SMILES string of the molecule is Cc1ncc(C(=O)Nc2ccc(Oc3ccnc4cc(-c5cnn(C(F)F)c5)cnc34)cc2)c(O)c1-c1ccc(F)cc1. The number of amides is 1. The number of aromatic nitrogens is 5. The molecule has 4 aromatic heterocycles. The number of halogens is 3. The molecule has 9 nitrogen and oxygen atoms in total. The maximum absolute atomic E-state index is 13.4. The van der Waals surface area contributed by atoms with Gasteiger partial charge in [-0.15, -0.1) is 0 Å². The van der Waals surface area contributed by atoms with Crippen molar-refractivity contribution in [3.63, 3.8) is 0 Å². The fourth-order valence-corrected chi connectivity index (χ4v) is 4.49. The van der Waals surface area contributed by atoms with Gasteiger partial charge in [0.2, 0.25) is 0 Å². The highest BCUT2D eigenvalue weighted by Crippen LogP contribution is 2.35. The predicted molar refractivity (Wildman–Crippen MR) is 153 cm³/mol. The number of alkyl halides is 2. The van der Waals surface area contributed by atoms with Gasteiger partial charge >= 0.3 is 6.55 Å². The van der Waals surface area contributed by atoms with E-state index in [9.17, 15) is 23.1 Å². The van der Waals surface area contributed by atoms with Crippen molar-refractivity contribution < 1.29 is 27.8 Å². The first-order chi connectivity index (χ1) is 20.8. The Kier molecular flexibility index (Phi) is 7.16. The first-order valence-electron chi connectivity index (χ1n) is 12.9. The third kappa shape index (κ3) is 5.58. The van der Waals surface area contributed by atoms with Crippen molar-refractivity contribution >= 4 is 22.6 Å². The fraction of sp³-hybridized carbons (Fsp3) is 0.0645. The van der Waals surface area contributed by atoms with Crippen LogP contribution in [0.15, 0.2) is 91.6 Å². The van der Waals surface area contributed by atoms with E-state index < -0.39 is 18.3 Å². The van der Waals surface area contributed by atoms with Crippen LogP contribution in [0, 0.1) is 12.7 Å². The van der Waals surface area contributed by atoms with Gasteiger partial charge in [0.25, 0.3) is 5.91 Å². The number of carbonyl (C=O) groups is 1. The Hall–Kier alpha value is -5.78. The summed E-state index contributed by atoms with van der Waals surface area (Å²) in [6, 6.07) is 15.4. The fourth-order valence-electron chi connectivity index (χ4n) is 4.49. The van der Waals surface area contributed by atoms with Gasteiger partial charge < -0.3 is 15.2 Å². The number of aromatic hydroxyl groups is 1. The molecule has 0 saturated heterocycles. The van der Waals surface area contributed by atoms with Crippen molar-refractivity contribution in [2.24, 2.45) is 0 Å². The normalized spacial score (nSPS) is 11.2. The Bertz CT molecular complexity index is 1960. The molecule has 2 N–H and O–H groups in total. The number of hydrogen-bond acceptors (Lipinski definition) is 7. The number of benzene rings is 2. The second-order valence-corrected chi connectivity index (χ2v) is 9.46. The molecule has 214 valence electrons. The molecular formula is C31H21F3N6O3. The number of carbonyl (C=O) groups excluding carboxylic acids is 1. The van der Waals surface area contributed by atoms with Gasteiger partial charge in [0, 0.05) is 58.9 Å². The maximum atomic E-state index is 13.4. The van der Waals surface area contributed by atoms with E-state index in [1.807, 2.05) is 0 Å². The van der Waals surface area contributed by atoms with Crippen molar-refractivity contribution in [1.29, 1.82) is 0 Å². The van der Waals surface area contributed by atoms with Crippen LogP contribution in [0.1, 0.15) is 22.6 Å². The number of anilines is 1. The number of nitrogens with zero attached hydrogens (tertiary/aromatic N) is 5. The number of ether oxygens (including phenoxy) is 1. The van der Waals surface area contributed by atoms with Crippen LogP contribution in [0.25, 0.3) is 33.3 Å². The molecule has 0 radical (unpaired) electrons. The van der Waals surface area contributed by atoms with Crippen LogP contribution in [-0.2, 0) is 0 Å². The molecule has 6 rings (SSSR count). The Labute approximate surface area is 242 Å². The van der Waals surface area contributed by atoms with E-state index in [4.69, 9.17) is 4.74 Å². The highest BCUT2D eigenvalue weighted by Gasteiger charge is 2.19. The molecule has 0 fully saturated rings. The number of rotatable bonds is 7. The monoisotopic (exact) mass is 582 g/mol. The molecule has 0 aliphatic rings. The molecule has 0 bridgehead atoms. The van der Waals surface area contributed by atoms with Gasteiger partial charge in [-0.3, -0.25) is 19.7 Å². The zero-order valence-corrected chi connectivity index (χ0v) is 22.4. The van der Waals surface area contributed by atoms with Crippen molar-refractivity contribution in [3.8, 4) is 39.5 Å². The van der Waals surface area contributed by atoms with Gasteiger partial charge in [0.1, 0.15) is 28.4 Å². The van der Waals surface area contributed by atoms with Crippen LogP contribution in [0.5, 0.6) is 17.2 Å². The lowest BCUT2D eigenvalue weighted by molar-refractivity contribution is 0.0566. The zero-order chi connectivity index (χ0) is 30.1. The van der Waals surface area contributed by atoms with E-state index in [-0.39, 0.29) is 11.3 Å². The lowest BCUT2D eigenvalue weighted by Gasteiger charge is -2.13. The summed E-state index contributed by atoms with van der Waals surface area (Å²) in [4.78, 5) is 26.0. The van der Waals surface area contributed by atoms with Gasteiger partial charge in [-0.05, 0) is 55.0 Å². The number of fused-ring (bicyclic) bond motifs is 1. The van der Waals surface area contributed by atoms with Crippen molar-refractivity contribution in [2.45, 2.75) is 13.5 Å². The quantitative estimate of drug-likeness (QED) is 0.205. The lowest BCUT2D eigenvalue weighted by Crippen LogP contribution is -2.13. The Morgan fingerprint density at radius 2 is 1.70 bits per heavy atom. The number of aryl methyl sites for hydroxylation is 1. The maximum Gasteiger partial charge on any atom is 0.333 e. The Morgan fingerprint density at radius 3 is 2.42 bits per heavy atom. The van der Waals surface area contributed by atoms with Gasteiger partial charge in [-0.25, -0.2) is 9.07 Å². The van der Waals surface area contributed by atoms with Gasteiger partial charge in [-0.1, -0.05) is 12.1 Å². The second-order valence-electron chi connectivity index (χ2n) is 9.46. The highest BCUT2D eigenvalue weighted by molar-refractivity contribution is 6.07. The summed E-state index contributed by atoms with van der Waals surface area (Å²) < 4.78 is 45.8. The van der Waals surface area contributed by atoms with Crippen molar-refractivity contribution in [1.82, 2.24) is 24.7 Å². The molecule has 0 aliphatic heterocycles. The third-order valence-corrected chi connectivity index (χ3v) is 6.63. The first kappa shape index (κ1) is 27.4. The van der Waals surface area contributed by atoms with Gasteiger partial charge in [0.15, 0.2) is 5.75 Å². The Balaban J connectivity index is 1.18. The molecule has 0 aliphatic carbocycles. The summed E-state index contributed by atoms with van der Waals surface area (Å²) in [5, 5.41) is 17.3. The molecule has 12 heteroatoms. The van der Waals surface area contributed by atoms with Gasteiger partial charge in [0.05, 0.1) is 11.7 Å². The van der Waals surface area contributed by atoms with E-state index in [0.29, 0.717) is 60.8 Å². The molecular weight excluding hydrogens is 561 g/mol. The number of hydrogen-bond donors (Lipinski definition) is 2. The molecule has 2 aromatic carbocycles. The summed E-state index contributed by atoms with van der Waals surface area (Å²) in [7, 11) is 0. The summed E-state index contributed by atoms with van der Waals surface area (Å²) >= 11 is 0. The molecule has 0 saturated carbocycles. The van der Waals surface area contributed by atoms with Crippen LogP contribution >= 0.6 is 0 Å². The Morgan fingerprint density at radius 1 is 0.930 bits per heavy atom. The van der Waals surface area contributed by atoms with Crippen LogP contribution in [0.3, 0.4) is 0 Å². The largest absolute Gasteiger partial charge is 0.506 e. The van der Waals surface area contributed by atoms with Crippen molar-refractivity contribution in [2.75, 3.05) is 5.32 Å². The average molecular weight is 583 g/mol. The van der Waals surface area contributed by atoms with E-state index in [2.05, 4.69) is 25.4 Å². The van der Waals surface area contributed by atoms with Gasteiger partial charge in [-0.2, -0.15) is 13.9 Å². The first-order valence-corrected chi connectivity index (χ1v) is 12.9. The van der Waals surface area contributed by atoms with E-state index >= 15 is 0 Å². The average Bonchev–Trinajstić information content (AvgIpc) is 3.50. The van der Waals surface area contributed by atoms with Crippen LogP contribution < -0.4 is 10.1 Å².